The molecule has 0 aliphatic carbocycles. The molecule has 1 saturated heterocycles. The van der Waals surface area contributed by atoms with Crippen molar-refractivity contribution in [1.29, 1.82) is 0 Å². The number of nitrogens with one attached hydrogen (secondary N) is 1. The summed E-state index contributed by atoms with van der Waals surface area (Å²) in [6.45, 7) is 9.69. The molecule has 3 rings (SSSR count). The molecule has 0 saturated carbocycles. The van der Waals surface area contributed by atoms with Gasteiger partial charge in [-0.25, -0.2) is 0 Å². The Morgan fingerprint density at radius 2 is 1.73 bits per heavy atom. The first-order chi connectivity index (χ1) is 14.5. The summed E-state index contributed by atoms with van der Waals surface area (Å²) in [6, 6.07) is 12.9. The van der Waals surface area contributed by atoms with E-state index in [1.165, 1.54) is 12.8 Å². The molecule has 0 spiro atoms. The first-order valence-corrected chi connectivity index (χ1v) is 10.4. The van der Waals surface area contributed by atoms with Crippen LogP contribution in [0.25, 0.3) is 0 Å². The van der Waals surface area contributed by atoms with E-state index < -0.39 is 0 Å². The van der Waals surface area contributed by atoms with Gasteiger partial charge in [-0.05, 0) is 36.1 Å². The topological polar surface area (TPSA) is 75.5 Å². The van der Waals surface area contributed by atoms with Crippen molar-refractivity contribution in [3.8, 4) is 0 Å². The molecule has 1 amide bonds. The van der Waals surface area contributed by atoms with Crippen LogP contribution in [0.4, 0.5) is 11.4 Å². The lowest BCUT2D eigenvalue weighted by atomic mass is 9.89. The molecule has 160 valence electrons. The van der Waals surface area contributed by atoms with Gasteiger partial charge in [0.25, 0.3) is 11.6 Å². The van der Waals surface area contributed by atoms with E-state index in [0.717, 1.165) is 37.1 Å². The molecular formula is C24H31N3O3. The van der Waals surface area contributed by atoms with Crippen LogP contribution in [0.3, 0.4) is 0 Å². The van der Waals surface area contributed by atoms with E-state index in [1.807, 2.05) is 37.3 Å². The fourth-order valence-electron chi connectivity index (χ4n) is 3.93. The zero-order valence-corrected chi connectivity index (χ0v) is 17.9. The van der Waals surface area contributed by atoms with Gasteiger partial charge in [-0.15, -0.1) is 13.2 Å². The van der Waals surface area contributed by atoms with Crippen LogP contribution in [-0.2, 0) is 0 Å². The second kappa shape index (κ2) is 11.1. The Balaban J connectivity index is 0.00000155. The number of nitro benzene ring substituents is 1. The summed E-state index contributed by atoms with van der Waals surface area (Å²) in [5.74, 6) is -0.288. The van der Waals surface area contributed by atoms with E-state index in [9.17, 15) is 14.9 Å². The molecule has 1 aliphatic heterocycles. The van der Waals surface area contributed by atoms with Gasteiger partial charge in [-0.3, -0.25) is 14.9 Å². The molecule has 0 radical (unpaired) electrons. The predicted octanol–water partition coefficient (Wildman–Crippen LogP) is 5.29. The number of benzene rings is 2. The first kappa shape index (κ1) is 23.1. The van der Waals surface area contributed by atoms with Crippen molar-refractivity contribution in [1.82, 2.24) is 5.32 Å². The Morgan fingerprint density at radius 1 is 1.10 bits per heavy atom. The summed E-state index contributed by atoms with van der Waals surface area (Å²) in [4.78, 5) is 25.9. The second-order valence-electron chi connectivity index (χ2n) is 7.29. The van der Waals surface area contributed by atoms with Gasteiger partial charge >= 0.3 is 0 Å². The summed E-state index contributed by atoms with van der Waals surface area (Å²) in [5.41, 5.74) is 3.13. The Morgan fingerprint density at radius 3 is 2.33 bits per heavy atom. The van der Waals surface area contributed by atoms with E-state index in [0.29, 0.717) is 11.3 Å². The average Bonchev–Trinajstić information content (AvgIpc) is 3.08. The summed E-state index contributed by atoms with van der Waals surface area (Å²) in [6.07, 6.45) is 4.48. The van der Waals surface area contributed by atoms with Gasteiger partial charge in [-0.1, -0.05) is 44.0 Å². The monoisotopic (exact) mass is 409 g/mol. The molecule has 6 heteroatoms. The van der Waals surface area contributed by atoms with Crippen molar-refractivity contribution in [2.24, 2.45) is 0 Å². The van der Waals surface area contributed by atoms with E-state index in [4.69, 9.17) is 0 Å². The molecule has 1 unspecified atom stereocenters. The van der Waals surface area contributed by atoms with Crippen LogP contribution in [0.5, 0.6) is 0 Å². The summed E-state index contributed by atoms with van der Waals surface area (Å²) < 4.78 is 0. The van der Waals surface area contributed by atoms with Gasteiger partial charge in [0.05, 0.1) is 4.92 Å². The molecular weight excluding hydrogens is 378 g/mol. The lowest BCUT2D eigenvalue weighted by Gasteiger charge is -2.23. The summed E-state index contributed by atoms with van der Waals surface area (Å²) >= 11 is 0. The lowest BCUT2D eigenvalue weighted by Crippen LogP contribution is -2.24. The number of carbonyl (C=O) groups excluding carboxylic acids is 1. The van der Waals surface area contributed by atoms with Crippen LogP contribution in [0.1, 0.15) is 60.0 Å². The van der Waals surface area contributed by atoms with Crippen molar-refractivity contribution < 1.29 is 9.72 Å². The minimum absolute atomic E-state index is 0.134. The van der Waals surface area contributed by atoms with E-state index >= 15 is 0 Å². The number of carbonyl (C=O) groups is 1. The highest BCUT2D eigenvalue weighted by molar-refractivity contribution is 5.95. The van der Waals surface area contributed by atoms with Crippen LogP contribution in [-0.4, -0.2) is 31.0 Å². The van der Waals surface area contributed by atoms with Crippen molar-refractivity contribution in [2.75, 3.05) is 25.0 Å². The Kier molecular flexibility index (Phi) is 8.59. The third-order valence-electron chi connectivity index (χ3n) is 5.54. The zero-order valence-electron chi connectivity index (χ0n) is 17.9. The molecule has 1 N–H and O–H groups in total. The molecule has 1 atom stereocenters. The van der Waals surface area contributed by atoms with Crippen molar-refractivity contribution in [3.63, 3.8) is 0 Å². The molecule has 0 bridgehead atoms. The SMILES string of the molecule is C=C.CNC(=O)c1ccccc1C(C)c1ccc(N2CCCCCC2)c([N+](=O)[O-])c1. The maximum atomic E-state index is 12.2. The Labute approximate surface area is 178 Å². The van der Waals surface area contributed by atoms with Gasteiger partial charge in [0.15, 0.2) is 0 Å². The molecule has 2 aromatic carbocycles. The first-order valence-electron chi connectivity index (χ1n) is 10.4. The highest BCUT2D eigenvalue weighted by Crippen LogP contribution is 2.35. The number of anilines is 1. The van der Waals surface area contributed by atoms with Gasteiger partial charge in [0, 0.05) is 37.7 Å². The van der Waals surface area contributed by atoms with Crippen molar-refractivity contribution >= 4 is 17.3 Å². The van der Waals surface area contributed by atoms with Crippen molar-refractivity contribution in [2.45, 2.75) is 38.5 Å². The molecule has 30 heavy (non-hydrogen) atoms. The molecule has 2 aromatic rings. The largest absolute Gasteiger partial charge is 0.366 e. The molecule has 0 aromatic heterocycles. The van der Waals surface area contributed by atoms with E-state index in [1.54, 1.807) is 19.2 Å². The number of hydrogen-bond acceptors (Lipinski definition) is 4. The Bertz CT molecular complexity index is 874. The van der Waals surface area contributed by atoms with Crippen LogP contribution >= 0.6 is 0 Å². The normalized spacial score (nSPS) is 14.7. The maximum Gasteiger partial charge on any atom is 0.292 e. The van der Waals surface area contributed by atoms with Crippen molar-refractivity contribution in [3.05, 3.63) is 82.4 Å². The second-order valence-corrected chi connectivity index (χ2v) is 7.29. The van der Waals surface area contributed by atoms with Gasteiger partial charge < -0.3 is 10.2 Å². The zero-order chi connectivity index (χ0) is 22.1. The average molecular weight is 410 g/mol. The standard InChI is InChI=1S/C22H27N3O3.C2H4/c1-16(18-9-5-6-10-19(18)22(26)23-2)17-11-12-20(21(15-17)25(27)28)24-13-7-3-4-8-14-24;1-2/h5-6,9-12,15-16H,3-4,7-8,13-14H2,1-2H3,(H,23,26);1-2H2. The fraction of sp³-hybridized carbons (Fsp3) is 0.375. The van der Waals surface area contributed by atoms with Crippen LogP contribution < -0.4 is 10.2 Å². The maximum absolute atomic E-state index is 12.2. The van der Waals surface area contributed by atoms with Crippen LogP contribution in [0, 0.1) is 10.1 Å². The molecule has 6 nitrogen and oxygen atoms in total. The number of nitrogens with zero attached hydrogens (tertiary/aromatic N) is 2. The lowest BCUT2D eigenvalue weighted by molar-refractivity contribution is -0.384. The van der Waals surface area contributed by atoms with E-state index in [2.05, 4.69) is 23.4 Å². The smallest absolute Gasteiger partial charge is 0.292 e. The number of amides is 1. The minimum Gasteiger partial charge on any atom is -0.366 e. The number of rotatable bonds is 5. The van der Waals surface area contributed by atoms with Gasteiger partial charge in [0.1, 0.15) is 5.69 Å². The molecule has 1 aliphatic rings. The summed E-state index contributed by atoms with van der Waals surface area (Å²) in [7, 11) is 1.60. The fourth-order valence-corrected chi connectivity index (χ4v) is 3.93. The third-order valence-corrected chi connectivity index (χ3v) is 5.54. The third kappa shape index (κ3) is 5.26. The highest BCUT2D eigenvalue weighted by Gasteiger charge is 2.24. The van der Waals surface area contributed by atoms with Crippen LogP contribution in [0.2, 0.25) is 0 Å². The number of nitro groups is 1. The Hall–Kier alpha value is -3.15. The van der Waals surface area contributed by atoms with E-state index in [-0.39, 0.29) is 22.4 Å². The minimum atomic E-state index is -0.291. The number of hydrogen-bond donors (Lipinski definition) is 1. The molecule has 1 heterocycles. The van der Waals surface area contributed by atoms with Gasteiger partial charge in [0.2, 0.25) is 0 Å². The van der Waals surface area contributed by atoms with Gasteiger partial charge in [-0.2, -0.15) is 0 Å². The quantitative estimate of drug-likeness (QED) is 0.414. The highest BCUT2D eigenvalue weighted by atomic mass is 16.6. The predicted molar refractivity (Wildman–Crippen MR) is 122 cm³/mol. The molecule has 1 fully saturated rings. The summed E-state index contributed by atoms with van der Waals surface area (Å²) in [5, 5.41) is 14.5. The van der Waals surface area contributed by atoms with Crippen LogP contribution in [0.15, 0.2) is 55.6 Å².